The number of anilines is 2. The molecule has 0 unspecified atom stereocenters. The first-order valence-corrected chi connectivity index (χ1v) is 6.44. The third-order valence-corrected chi connectivity index (χ3v) is 3.46. The van der Waals surface area contributed by atoms with Crippen LogP contribution < -0.4 is 10.6 Å². The van der Waals surface area contributed by atoms with Gasteiger partial charge in [-0.2, -0.15) is 0 Å². The number of fused-ring (bicyclic) bond motifs is 2. The van der Waals surface area contributed by atoms with E-state index in [9.17, 15) is 9.59 Å². The molecule has 0 aliphatic carbocycles. The van der Waals surface area contributed by atoms with E-state index in [1.165, 1.54) is 4.90 Å². The summed E-state index contributed by atoms with van der Waals surface area (Å²) < 4.78 is 0. The number of amides is 2. The number of nitrogens with zero attached hydrogens (tertiary/aromatic N) is 1. The third-order valence-electron chi connectivity index (χ3n) is 3.46. The molecule has 2 aromatic carbocycles. The largest absolute Gasteiger partial charge is 0.351 e. The van der Waals surface area contributed by atoms with Crippen molar-refractivity contribution in [1.29, 1.82) is 0 Å². The lowest BCUT2D eigenvalue weighted by Gasteiger charge is -2.27. The third kappa shape index (κ3) is 2.05. The van der Waals surface area contributed by atoms with E-state index >= 15 is 0 Å². The topological polar surface area (TPSA) is 63.4 Å². The smallest absolute Gasteiger partial charge is 0.323 e. The molecule has 4 nitrogen and oxygen atoms in total. The van der Waals surface area contributed by atoms with Crippen molar-refractivity contribution in [2.24, 2.45) is 5.73 Å². The quantitative estimate of drug-likeness (QED) is 0.796. The highest BCUT2D eigenvalue weighted by molar-refractivity contribution is 6.02. The van der Waals surface area contributed by atoms with Gasteiger partial charge in [-0.3, -0.25) is 9.69 Å². The molecule has 0 fully saturated rings. The molecule has 0 saturated carbocycles. The molecule has 1 aliphatic rings. The van der Waals surface area contributed by atoms with E-state index in [-0.39, 0.29) is 5.78 Å². The number of urea groups is 1. The number of Topliss-reactive ketones (excluding diaryl/α,β-unsaturated/α-hetero) is 1. The molecule has 1 aliphatic heterocycles. The van der Waals surface area contributed by atoms with Crippen LogP contribution in [0.4, 0.5) is 16.2 Å². The van der Waals surface area contributed by atoms with Crippen molar-refractivity contribution in [2.75, 3.05) is 4.90 Å². The predicted octanol–water partition coefficient (Wildman–Crippen LogP) is 2.57. The van der Waals surface area contributed by atoms with Crippen LogP contribution in [0.1, 0.15) is 11.1 Å². The number of carbonyl (C=O) groups is 2. The van der Waals surface area contributed by atoms with Crippen LogP contribution >= 0.6 is 0 Å². The van der Waals surface area contributed by atoms with Gasteiger partial charge in [0, 0.05) is 12.8 Å². The number of primary amides is 1. The fraction of sp³-hybridized carbons (Fsp3) is 0.125. The van der Waals surface area contributed by atoms with Gasteiger partial charge in [0.15, 0.2) is 0 Å². The summed E-state index contributed by atoms with van der Waals surface area (Å²) in [7, 11) is 0. The average Bonchev–Trinajstić information content (AvgIpc) is 2.40. The highest BCUT2D eigenvalue weighted by Gasteiger charge is 2.24. The minimum absolute atomic E-state index is 0.133. The van der Waals surface area contributed by atoms with Crippen molar-refractivity contribution in [1.82, 2.24) is 0 Å². The van der Waals surface area contributed by atoms with Gasteiger partial charge >= 0.3 is 6.03 Å². The molecule has 3 rings (SSSR count). The van der Waals surface area contributed by atoms with Gasteiger partial charge in [0.05, 0.1) is 11.4 Å². The summed E-state index contributed by atoms with van der Waals surface area (Å²) in [6.07, 6.45) is 0.628. The number of para-hydroxylation sites is 2. The summed E-state index contributed by atoms with van der Waals surface area (Å²) in [5.74, 6) is 0.133. The Balaban J connectivity index is 2.27. The van der Waals surface area contributed by atoms with Crippen LogP contribution in [0.3, 0.4) is 0 Å². The maximum absolute atomic E-state index is 12.1. The van der Waals surface area contributed by atoms with E-state index in [1.54, 1.807) is 0 Å². The van der Waals surface area contributed by atoms with Crippen molar-refractivity contribution in [2.45, 2.75) is 12.8 Å². The van der Waals surface area contributed by atoms with Crippen LogP contribution in [-0.2, 0) is 17.6 Å². The molecule has 0 aromatic heterocycles. The van der Waals surface area contributed by atoms with Crippen molar-refractivity contribution in [3.05, 3.63) is 59.7 Å². The summed E-state index contributed by atoms with van der Waals surface area (Å²) in [5.41, 5.74) is 8.57. The van der Waals surface area contributed by atoms with Crippen molar-refractivity contribution >= 4 is 23.2 Å². The minimum Gasteiger partial charge on any atom is -0.351 e. The second-order valence-electron chi connectivity index (χ2n) is 4.82. The molecular formula is C16H14N2O2. The molecule has 2 aromatic rings. The van der Waals surface area contributed by atoms with E-state index in [2.05, 4.69) is 0 Å². The van der Waals surface area contributed by atoms with Crippen LogP contribution in [0.2, 0.25) is 0 Å². The lowest BCUT2D eigenvalue weighted by atomic mass is 9.96. The number of hydrogen-bond donors (Lipinski definition) is 1. The van der Waals surface area contributed by atoms with E-state index in [4.69, 9.17) is 5.73 Å². The van der Waals surface area contributed by atoms with Crippen LogP contribution in [0.15, 0.2) is 48.5 Å². The van der Waals surface area contributed by atoms with E-state index in [0.717, 1.165) is 11.1 Å². The first-order chi connectivity index (χ1) is 9.66. The first kappa shape index (κ1) is 12.4. The fourth-order valence-corrected chi connectivity index (χ4v) is 2.61. The molecule has 0 atom stereocenters. The second kappa shape index (κ2) is 4.81. The molecular weight excluding hydrogens is 252 g/mol. The van der Waals surface area contributed by atoms with Crippen molar-refractivity contribution in [3.63, 3.8) is 0 Å². The molecule has 1 heterocycles. The van der Waals surface area contributed by atoms with E-state index in [0.29, 0.717) is 24.2 Å². The Morgan fingerprint density at radius 1 is 0.900 bits per heavy atom. The zero-order valence-electron chi connectivity index (χ0n) is 10.9. The van der Waals surface area contributed by atoms with Crippen LogP contribution in [0, 0.1) is 0 Å². The maximum Gasteiger partial charge on any atom is 0.323 e. The zero-order chi connectivity index (χ0) is 14.1. The molecule has 2 N–H and O–H groups in total. The Morgan fingerprint density at radius 3 is 1.80 bits per heavy atom. The zero-order valence-corrected chi connectivity index (χ0v) is 10.9. The Labute approximate surface area is 116 Å². The molecule has 100 valence electrons. The summed E-state index contributed by atoms with van der Waals surface area (Å²) >= 11 is 0. The monoisotopic (exact) mass is 266 g/mol. The Kier molecular flexibility index (Phi) is 2.99. The molecule has 0 bridgehead atoms. The molecule has 20 heavy (non-hydrogen) atoms. The number of benzene rings is 2. The highest BCUT2D eigenvalue weighted by atomic mass is 16.2. The summed E-state index contributed by atoms with van der Waals surface area (Å²) in [6.45, 7) is 0. The molecule has 0 radical (unpaired) electrons. The van der Waals surface area contributed by atoms with Gasteiger partial charge in [-0.15, -0.1) is 0 Å². The Hall–Kier alpha value is -2.62. The van der Waals surface area contributed by atoms with Gasteiger partial charge < -0.3 is 5.73 Å². The summed E-state index contributed by atoms with van der Waals surface area (Å²) in [4.78, 5) is 25.5. The van der Waals surface area contributed by atoms with Crippen LogP contribution in [-0.4, -0.2) is 11.8 Å². The fourth-order valence-electron chi connectivity index (χ4n) is 2.61. The van der Waals surface area contributed by atoms with Gasteiger partial charge in [0.1, 0.15) is 5.78 Å². The van der Waals surface area contributed by atoms with Crippen molar-refractivity contribution in [3.8, 4) is 0 Å². The highest BCUT2D eigenvalue weighted by Crippen LogP contribution is 2.33. The Morgan fingerprint density at radius 2 is 1.35 bits per heavy atom. The van der Waals surface area contributed by atoms with Gasteiger partial charge in [0.2, 0.25) is 0 Å². The van der Waals surface area contributed by atoms with Crippen LogP contribution in [0.25, 0.3) is 0 Å². The maximum atomic E-state index is 12.1. The molecule has 4 heteroatoms. The first-order valence-electron chi connectivity index (χ1n) is 6.44. The SMILES string of the molecule is NC(=O)N1c2ccccc2CC(=O)Cc2ccccc21. The molecule has 0 spiro atoms. The standard InChI is InChI=1S/C16H14N2O2/c17-16(20)18-14-7-3-1-5-11(14)9-13(19)10-12-6-2-4-8-15(12)18/h1-8H,9-10H2,(H2,17,20). The number of hydrogen-bond acceptors (Lipinski definition) is 2. The van der Waals surface area contributed by atoms with Gasteiger partial charge in [-0.05, 0) is 23.3 Å². The second-order valence-corrected chi connectivity index (χ2v) is 4.82. The Bertz CT molecular complexity index is 643. The van der Waals surface area contributed by atoms with E-state index in [1.807, 2.05) is 48.5 Å². The minimum atomic E-state index is -0.542. The predicted molar refractivity (Wildman–Crippen MR) is 77.0 cm³/mol. The lowest BCUT2D eigenvalue weighted by molar-refractivity contribution is -0.117. The van der Waals surface area contributed by atoms with E-state index < -0.39 is 6.03 Å². The number of ketones is 1. The van der Waals surface area contributed by atoms with Crippen LogP contribution in [0.5, 0.6) is 0 Å². The molecule has 0 saturated heterocycles. The van der Waals surface area contributed by atoms with Gasteiger partial charge in [-0.1, -0.05) is 36.4 Å². The number of rotatable bonds is 0. The van der Waals surface area contributed by atoms with Gasteiger partial charge in [0.25, 0.3) is 0 Å². The summed E-state index contributed by atoms with van der Waals surface area (Å²) in [6, 6.07) is 14.2. The lowest BCUT2D eigenvalue weighted by Crippen LogP contribution is -2.34. The number of carbonyl (C=O) groups excluding carboxylic acids is 2. The normalized spacial score (nSPS) is 14.0. The van der Waals surface area contributed by atoms with Gasteiger partial charge in [-0.25, -0.2) is 4.79 Å². The average molecular weight is 266 g/mol. The van der Waals surface area contributed by atoms with Crippen molar-refractivity contribution < 1.29 is 9.59 Å². The summed E-state index contributed by atoms with van der Waals surface area (Å²) in [5, 5.41) is 0. The molecule has 2 amide bonds. The number of nitrogens with two attached hydrogens (primary N) is 1.